The largest absolute Gasteiger partial charge is 0.369 e. The zero-order valence-corrected chi connectivity index (χ0v) is 21.5. The molecule has 184 valence electrons. The molecule has 10 heteroatoms. The van der Waals surface area contributed by atoms with E-state index in [1.807, 2.05) is 25.1 Å². The molecule has 0 unspecified atom stereocenters. The first kappa shape index (κ1) is 25.4. The van der Waals surface area contributed by atoms with Crippen LogP contribution in [-0.2, 0) is 10.0 Å². The van der Waals surface area contributed by atoms with Crippen molar-refractivity contribution in [1.82, 2.24) is 4.31 Å². The minimum absolute atomic E-state index is 0.147. The van der Waals surface area contributed by atoms with Crippen LogP contribution in [0.15, 0.2) is 59.5 Å². The lowest BCUT2D eigenvalue weighted by molar-refractivity contribution is 0.102. The fourth-order valence-electron chi connectivity index (χ4n) is 4.02. The fourth-order valence-corrected chi connectivity index (χ4v) is 5.92. The van der Waals surface area contributed by atoms with Crippen molar-refractivity contribution in [1.29, 1.82) is 0 Å². The molecule has 0 bridgehead atoms. The number of hydrogen-bond donors (Lipinski definition) is 1. The number of nitrogens with zero attached hydrogens (tertiary/aromatic N) is 2. The maximum atomic E-state index is 14.5. The third-order valence-corrected chi connectivity index (χ3v) is 8.60. The molecule has 3 aromatic rings. The van der Waals surface area contributed by atoms with Crippen LogP contribution in [-0.4, -0.2) is 44.8 Å². The normalized spacial score (nSPS) is 14.7. The average Bonchev–Trinajstić information content (AvgIpc) is 2.83. The molecule has 3 aromatic carbocycles. The van der Waals surface area contributed by atoms with Crippen molar-refractivity contribution >= 4 is 50.5 Å². The molecule has 1 heterocycles. The summed E-state index contributed by atoms with van der Waals surface area (Å²) in [6.45, 7) is 5.68. The summed E-state index contributed by atoms with van der Waals surface area (Å²) >= 11 is 11.9. The maximum absolute atomic E-state index is 14.5. The Hall–Kier alpha value is -2.65. The maximum Gasteiger partial charge on any atom is 0.258 e. The van der Waals surface area contributed by atoms with E-state index in [1.54, 1.807) is 0 Å². The fraction of sp³-hybridized carbons (Fsp3) is 0.240. The Balaban J connectivity index is 1.52. The van der Waals surface area contributed by atoms with Crippen molar-refractivity contribution in [2.24, 2.45) is 0 Å². The van der Waals surface area contributed by atoms with Crippen LogP contribution in [0.1, 0.15) is 21.5 Å². The number of halogens is 3. The number of piperazine rings is 1. The Bertz CT molecular complexity index is 1390. The van der Waals surface area contributed by atoms with Gasteiger partial charge in [-0.2, -0.15) is 4.31 Å². The van der Waals surface area contributed by atoms with Gasteiger partial charge in [-0.3, -0.25) is 4.79 Å². The number of sulfonamides is 1. The van der Waals surface area contributed by atoms with Gasteiger partial charge < -0.3 is 10.2 Å². The highest BCUT2D eigenvalue weighted by Gasteiger charge is 2.30. The second-order valence-corrected chi connectivity index (χ2v) is 11.1. The van der Waals surface area contributed by atoms with Gasteiger partial charge in [0, 0.05) is 36.9 Å². The van der Waals surface area contributed by atoms with Gasteiger partial charge >= 0.3 is 0 Å². The number of anilines is 2. The van der Waals surface area contributed by atoms with Gasteiger partial charge in [0.05, 0.1) is 21.2 Å². The van der Waals surface area contributed by atoms with Crippen LogP contribution >= 0.6 is 23.2 Å². The lowest BCUT2D eigenvalue weighted by Gasteiger charge is -2.36. The summed E-state index contributed by atoms with van der Waals surface area (Å²) < 4.78 is 42.5. The first-order valence-electron chi connectivity index (χ1n) is 10.9. The number of carbonyl (C=O) groups excluding carboxylic acids is 1. The number of hydrogen-bond acceptors (Lipinski definition) is 4. The summed E-state index contributed by atoms with van der Waals surface area (Å²) in [6, 6.07) is 13.7. The molecular formula is C25H24Cl2FN3O3S. The van der Waals surface area contributed by atoms with Gasteiger partial charge in [0.2, 0.25) is 10.0 Å². The van der Waals surface area contributed by atoms with Gasteiger partial charge in [-0.15, -0.1) is 0 Å². The zero-order chi connectivity index (χ0) is 25.3. The number of aryl methyl sites for hydroxylation is 1. The molecular weight excluding hydrogens is 512 g/mol. The molecule has 1 amide bonds. The Labute approximate surface area is 214 Å². The molecule has 6 nitrogen and oxygen atoms in total. The smallest absolute Gasteiger partial charge is 0.258 e. The molecule has 0 aromatic heterocycles. The predicted molar refractivity (Wildman–Crippen MR) is 138 cm³/mol. The summed E-state index contributed by atoms with van der Waals surface area (Å²) in [4.78, 5) is 14.7. The second kappa shape index (κ2) is 10.1. The van der Waals surface area contributed by atoms with Crippen molar-refractivity contribution in [3.63, 3.8) is 0 Å². The van der Waals surface area contributed by atoms with Crippen LogP contribution in [0.4, 0.5) is 15.8 Å². The minimum atomic E-state index is -3.93. The van der Waals surface area contributed by atoms with Crippen molar-refractivity contribution in [3.05, 3.63) is 87.2 Å². The van der Waals surface area contributed by atoms with Crippen LogP contribution < -0.4 is 10.2 Å². The quantitative estimate of drug-likeness (QED) is 0.467. The van der Waals surface area contributed by atoms with E-state index in [0.29, 0.717) is 18.1 Å². The lowest BCUT2D eigenvalue weighted by atomic mass is 10.1. The van der Waals surface area contributed by atoms with Gasteiger partial charge in [0.15, 0.2) is 0 Å². The summed E-state index contributed by atoms with van der Waals surface area (Å²) in [5.74, 6) is -1.66. The highest BCUT2D eigenvalue weighted by Crippen LogP contribution is 2.28. The average molecular weight is 536 g/mol. The molecule has 1 fully saturated rings. The van der Waals surface area contributed by atoms with E-state index in [0.717, 1.165) is 17.8 Å². The van der Waals surface area contributed by atoms with E-state index >= 15 is 0 Å². The van der Waals surface area contributed by atoms with Gasteiger partial charge in [-0.05, 0) is 67.4 Å². The number of carbonyl (C=O) groups is 1. The number of benzene rings is 3. The third-order valence-electron chi connectivity index (χ3n) is 6.15. The second-order valence-electron chi connectivity index (χ2n) is 8.33. The van der Waals surface area contributed by atoms with Gasteiger partial charge in [0.1, 0.15) is 5.82 Å². The lowest BCUT2D eigenvalue weighted by Crippen LogP contribution is -2.48. The molecule has 1 saturated heterocycles. The van der Waals surface area contributed by atoms with E-state index < -0.39 is 27.3 Å². The molecule has 0 aliphatic carbocycles. The minimum Gasteiger partial charge on any atom is -0.369 e. The highest BCUT2D eigenvalue weighted by molar-refractivity contribution is 7.89. The van der Waals surface area contributed by atoms with Crippen LogP contribution in [0.3, 0.4) is 0 Å². The molecule has 35 heavy (non-hydrogen) atoms. The van der Waals surface area contributed by atoms with E-state index in [2.05, 4.69) is 17.1 Å². The van der Waals surface area contributed by atoms with Crippen molar-refractivity contribution < 1.29 is 17.6 Å². The molecule has 1 N–H and O–H groups in total. The van der Waals surface area contributed by atoms with E-state index in [4.69, 9.17) is 23.2 Å². The third kappa shape index (κ3) is 5.30. The van der Waals surface area contributed by atoms with E-state index in [-0.39, 0.29) is 28.7 Å². The first-order chi connectivity index (χ1) is 16.6. The van der Waals surface area contributed by atoms with Crippen LogP contribution in [0, 0.1) is 19.7 Å². The molecule has 4 rings (SSSR count). The topological polar surface area (TPSA) is 69.7 Å². The van der Waals surface area contributed by atoms with Crippen molar-refractivity contribution in [2.75, 3.05) is 36.4 Å². The van der Waals surface area contributed by atoms with Crippen LogP contribution in [0.2, 0.25) is 10.0 Å². The number of rotatable bonds is 5. The van der Waals surface area contributed by atoms with E-state index in [1.165, 1.54) is 39.7 Å². The Morgan fingerprint density at radius 2 is 1.69 bits per heavy atom. The SMILES string of the molecule is Cc1cccc(N2CCN(S(=O)(=O)c3ccc(F)c(C(=O)Nc4ccc(Cl)cc4Cl)c3)CC2)c1C. The number of amides is 1. The van der Waals surface area contributed by atoms with E-state index in [9.17, 15) is 17.6 Å². The Morgan fingerprint density at radius 3 is 2.37 bits per heavy atom. The Kier molecular flexibility index (Phi) is 7.38. The van der Waals surface area contributed by atoms with Gasteiger partial charge in [0.25, 0.3) is 5.91 Å². The highest BCUT2D eigenvalue weighted by atomic mass is 35.5. The summed E-state index contributed by atoms with van der Waals surface area (Å²) in [5, 5.41) is 3.06. The zero-order valence-electron chi connectivity index (χ0n) is 19.2. The first-order valence-corrected chi connectivity index (χ1v) is 13.1. The Morgan fingerprint density at radius 1 is 0.971 bits per heavy atom. The monoisotopic (exact) mass is 535 g/mol. The molecule has 1 aliphatic heterocycles. The predicted octanol–water partition coefficient (Wildman–Crippen LogP) is 5.51. The van der Waals surface area contributed by atoms with Gasteiger partial charge in [-0.1, -0.05) is 35.3 Å². The van der Waals surface area contributed by atoms with Gasteiger partial charge in [-0.25, -0.2) is 12.8 Å². The molecule has 1 aliphatic rings. The molecule has 0 saturated carbocycles. The standard InChI is InChI=1S/C25H24Cl2FN3O3S/c1-16-4-3-5-24(17(16)2)30-10-12-31(13-11-30)35(33,34)19-7-8-22(28)20(15-19)25(32)29-23-9-6-18(26)14-21(23)27/h3-9,14-15H,10-13H2,1-2H3,(H,29,32). The molecule has 0 atom stereocenters. The summed E-state index contributed by atoms with van der Waals surface area (Å²) in [7, 11) is -3.93. The van der Waals surface area contributed by atoms with Crippen molar-refractivity contribution in [2.45, 2.75) is 18.7 Å². The molecule has 0 radical (unpaired) electrons. The molecule has 0 spiro atoms. The number of nitrogens with one attached hydrogen (secondary N) is 1. The van der Waals surface area contributed by atoms with Crippen molar-refractivity contribution in [3.8, 4) is 0 Å². The summed E-state index contributed by atoms with van der Waals surface area (Å²) in [5.41, 5.74) is 3.26. The van der Waals surface area contributed by atoms with Crippen LogP contribution in [0.25, 0.3) is 0 Å². The van der Waals surface area contributed by atoms with Crippen LogP contribution in [0.5, 0.6) is 0 Å². The summed E-state index contributed by atoms with van der Waals surface area (Å²) in [6.07, 6.45) is 0.